The average Bonchev–Trinajstić information content (AvgIpc) is 3.22. The van der Waals surface area contributed by atoms with Crippen LogP contribution in [0.4, 0.5) is 0 Å². The molecule has 0 aromatic rings. The van der Waals surface area contributed by atoms with Crippen LogP contribution in [0, 0.1) is 5.92 Å². The quantitative estimate of drug-likeness (QED) is 0.556. The fraction of sp³-hybridized carbons (Fsp3) is 0.800. The molecule has 6 heteroatoms. The van der Waals surface area contributed by atoms with Gasteiger partial charge in [0.15, 0.2) is 0 Å². The summed E-state index contributed by atoms with van der Waals surface area (Å²) in [6.45, 7) is 5.03. The Bertz CT molecular complexity index is 506. The lowest BCUT2D eigenvalue weighted by Gasteiger charge is -2.35. The molecular weight excluding hydrogens is 330 g/mol. The molecule has 2 fully saturated rings. The van der Waals surface area contributed by atoms with Crippen molar-refractivity contribution in [1.29, 1.82) is 0 Å². The summed E-state index contributed by atoms with van der Waals surface area (Å²) in [6.07, 6.45) is 11.2. The first kappa shape index (κ1) is 19.4. The lowest BCUT2D eigenvalue weighted by Crippen LogP contribution is -2.46. The molecule has 0 aromatic carbocycles. The maximum absolute atomic E-state index is 12.0. The summed E-state index contributed by atoms with van der Waals surface area (Å²) < 4.78 is 5.47. The normalized spacial score (nSPS) is 24.9. The van der Waals surface area contributed by atoms with Crippen molar-refractivity contribution in [2.24, 2.45) is 5.92 Å². The lowest BCUT2D eigenvalue weighted by molar-refractivity contribution is -0.139. The van der Waals surface area contributed by atoms with Crippen LogP contribution in [0.1, 0.15) is 51.4 Å². The zero-order chi connectivity index (χ0) is 18.2. The van der Waals surface area contributed by atoms with Crippen LogP contribution in [0.15, 0.2) is 11.6 Å². The van der Waals surface area contributed by atoms with E-state index >= 15 is 0 Å². The van der Waals surface area contributed by atoms with E-state index in [4.69, 9.17) is 4.74 Å². The highest BCUT2D eigenvalue weighted by molar-refractivity contribution is 6.35. The van der Waals surface area contributed by atoms with Gasteiger partial charge in [0.2, 0.25) is 0 Å². The zero-order valence-corrected chi connectivity index (χ0v) is 15.8. The van der Waals surface area contributed by atoms with Crippen LogP contribution in [-0.4, -0.2) is 62.1 Å². The van der Waals surface area contributed by atoms with Crippen LogP contribution in [0.2, 0.25) is 0 Å². The van der Waals surface area contributed by atoms with E-state index < -0.39 is 11.8 Å². The molecule has 3 rings (SSSR count). The first-order valence-electron chi connectivity index (χ1n) is 10.3. The van der Waals surface area contributed by atoms with Crippen LogP contribution in [-0.2, 0) is 14.3 Å². The number of piperidine rings is 1. The van der Waals surface area contributed by atoms with Gasteiger partial charge in [0, 0.05) is 25.7 Å². The zero-order valence-electron chi connectivity index (χ0n) is 15.8. The SMILES string of the molecule is O=C(NCCC1=CCCCC1)C(=O)NCC1CCN(C2CCOC2)CC1. The minimum absolute atomic E-state index is 0.470. The van der Waals surface area contributed by atoms with Gasteiger partial charge >= 0.3 is 11.8 Å². The van der Waals surface area contributed by atoms with Crippen molar-refractivity contribution in [3.05, 3.63) is 11.6 Å². The van der Waals surface area contributed by atoms with E-state index in [1.165, 1.54) is 18.4 Å². The summed E-state index contributed by atoms with van der Waals surface area (Å²) in [5.74, 6) is -0.520. The second kappa shape index (κ2) is 10.1. The molecule has 1 atom stereocenters. The molecule has 2 N–H and O–H groups in total. The molecule has 2 amide bonds. The van der Waals surface area contributed by atoms with Crippen molar-refractivity contribution in [2.75, 3.05) is 39.4 Å². The standard InChI is InChI=1S/C20H33N3O3/c24-19(21-10-6-16-4-2-1-3-5-16)20(25)22-14-17-7-11-23(12-8-17)18-9-13-26-15-18/h4,17-18H,1-3,5-15H2,(H,21,24)(H,22,25). The van der Waals surface area contributed by atoms with Gasteiger partial charge in [-0.15, -0.1) is 0 Å². The van der Waals surface area contributed by atoms with E-state index in [2.05, 4.69) is 21.6 Å². The Kier molecular flexibility index (Phi) is 7.50. The van der Waals surface area contributed by atoms with Crippen molar-refractivity contribution < 1.29 is 14.3 Å². The summed E-state index contributed by atoms with van der Waals surface area (Å²) in [5, 5.41) is 5.56. The largest absolute Gasteiger partial charge is 0.380 e. The third kappa shape index (κ3) is 5.81. The molecule has 2 heterocycles. The first-order chi connectivity index (χ1) is 12.7. The summed E-state index contributed by atoms with van der Waals surface area (Å²) in [4.78, 5) is 26.4. The van der Waals surface area contributed by atoms with Crippen LogP contribution < -0.4 is 10.6 Å². The highest BCUT2D eigenvalue weighted by Gasteiger charge is 2.28. The summed E-state index contributed by atoms with van der Waals surface area (Å²) in [7, 11) is 0. The number of rotatable bonds is 6. The lowest BCUT2D eigenvalue weighted by atomic mass is 9.95. The van der Waals surface area contributed by atoms with E-state index in [1.807, 2.05) is 0 Å². The Morgan fingerprint density at radius 1 is 1.12 bits per heavy atom. The maximum atomic E-state index is 12.0. The van der Waals surface area contributed by atoms with E-state index in [0.717, 1.165) is 64.8 Å². The molecule has 0 bridgehead atoms. The smallest absolute Gasteiger partial charge is 0.309 e. The highest BCUT2D eigenvalue weighted by atomic mass is 16.5. The molecule has 2 saturated heterocycles. The number of hydrogen-bond acceptors (Lipinski definition) is 4. The summed E-state index contributed by atoms with van der Waals surface area (Å²) in [5.41, 5.74) is 1.41. The number of amides is 2. The van der Waals surface area contributed by atoms with Gasteiger partial charge < -0.3 is 15.4 Å². The predicted molar refractivity (Wildman–Crippen MR) is 101 cm³/mol. The fourth-order valence-corrected chi connectivity index (χ4v) is 4.20. The second-order valence-electron chi connectivity index (χ2n) is 7.82. The number of nitrogens with one attached hydrogen (secondary N) is 2. The second-order valence-corrected chi connectivity index (χ2v) is 7.82. The van der Waals surface area contributed by atoms with Gasteiger partial charge in [-0.3, -0.25) is 14.5 Å². The molecule has 26 heavy (non-hydrogen) atoms. The van der Waals surface area contributed by atoms with E-state index in [1.54, 1.807) is 0 Å². The Morgan fingerprint density at radius 3 is 2.62 bits per heavy atom. The Hall–Kier alpha value is -1.40. The highest BCUT2D eigenvalue weighted by Crippen LogP contribution is 2.22. The molecule has 1 unspecified atom stereocenters. The van der Waals surface area contributed by atoms with E-state index in [0.29, 0.717) is 25.0 Å². The Morgan fingerprint density at radius 2 is 1.92 bits per heavy atom. The van der Waals surface area contributed by atoms with Crippen LogP contribution in [0.5, 0.6) is 0 Å². The maximum Gasteiger partial charge on any atom is 0.309 e. The van der Waals surface area contributed by atoms with E-state index in [9.17, 15) is 9.59 Å². The van der Waals surface area contributed by atoms with Crippen LogP contribution in [0.3, 0.4) is 0 Å². The van der Waals surface area contributed by atoms with Gasteiger partial charge in [0.1, 0.15) is 0 Å². The van der Waals surface area contributed by atoms with Crippen molar-refractivity contribution >= 4 is 11.8 Å². The van der Waals surface area contributed by atoms with Crippen LogP contribution in [0.25, 0.3) is 0 Å². The van der Waals surface area contributed by atoms with Gasteiger partial charge in [0.25, 0.3) is 0 Å². The van der Waals surface area contributed by atoms with Gasteiger partial charge in [-0.05, 0) is 70.4 Å². The third-order valence-electron chi connectivity index (χ3n) is 5.95. The summed E-state index contributed by atoms with van der Waals surface area (Å²) in [6, 6.07) is 0.579. The minimum Gasteiger partial charge on any atom is -0.380 e. The van der Waals surface area contributed by atoms with Gasteiger partial charge in [-0.2, -0.15) is 0 Å². The Balaban J connectivity index is 1.27. The van der Waals surface area contributed by atoms with Crippen molar-refractivity contribution in [3.8, 4) is 0 Å². The number of carbonyl (C=O) groups excluding carboxylic acids is 2. The topological polar surface area (TPSA) is 70.7 Å². The molecule has 3 aliphatic rings. The minimum atomic E-state index is -0.498. The molecule has 1 aliphatic carbocycles. The van der Waals surface area contributed by atoms with Crippen LogP contribution >= 0.6 is 0 Å². The number of hydrogen-bond donors (Lipinski definition) is 2. The molecule has 0 spiro atoms. The molecule has 0 radical (unpaired) electrons. The fourth-order valence-electron chi connectivity index (χ4n) is 4.20. The summed E-state index contributed by atoms with van der Waals surface area (Å²) >= 11 is 0. The van der Waals surface area contributed by atoms with Crippen molar-refractivity contribution in [2.45, 2.75) is 57.4 Å². The van der Waals surface area contributed by atoms with Gasteiger partial charge in [-0.25, -0.2) is 0 Å². The molecule has 0 aromatic heterocycles. The number of likely N-dealkylation sites (tertiary alicyclic amines) is 1. The van der Waals surface area contributed by atoms with E-state index in [-0.39, 0.29) is 0 Å². The molecule has 0 saturated carbocycles. The average molecular weight is 364 g/mol. The van der Waals surface area contributed by atoms with Crippen molar-refractivity contribution in [3.63, 3.8) is 0 Å². The third-order valence-corrected chi connectivity index (χ3v) is 5.95. The monoisotopic (exact) mass is 363 g/mol. The van der Waals surface area contributed by atoms with Gasteiger partial charge in [0.05, 0.1) is 6.61 Å². The first-order valence-corrected chi connectivity index (χ1v) is 10.3. The van der Waals surface area contributed by atoms with Gasteiger partial charge in [-0.1, -0.05) is 11.6 Å². The predicted octanol–water partition coefficient (Wildman–Crippen LogP) is 1.61. The number of ether oxygens (including phenoxy) is 1. The molecular formula is C20H33N3O3. The Labute approximate surface area is 156 Å². The molecule has 2 aliphatic heterocycles. The number of carbonyl (C=O) groups is 2. The van der Waals surface area contributed by atoms with Crippen molar-refractivity contribution in [1.82, 2.24) is 15.5 Å². The number of nitrogens with zero attached hydrogens (tertiary/aromatic N) is 1. The number of allylic oxidation sites excluding steroid dienone is 1. The molecule has 146 valence electrons. The molecule has 6 nitrogen and oxygen atoms in total.